The minimum atomic E-state index is -1.09. The molecule has 1 saturated heterocycles. The molecule has 1 aliphatic heterocycles. The monoisotopic (exact) mass is 468 g/mol. The van der Waals surface area contributed by atoms with Gasteiger partial charge in [-0.1, -0.05) is 19.0 Å². The highest BCUT2D eigenvalue weighted by atomic mass is 16.6. The van der Waals surface area contributed by atoms with Crippen LogP contribution in [0.5, 0.6) is 5.95 Å². The molecule has 2 heterocycles. The standard InChI is InChI=1S/C21H32N4O8/c1-6-31-17-8-14(25-33-17)20(29)24-15(10-30-5)19(28)22-9-16(26)23-13(7-12(2)3)18(27)21(4)11-32-21/h8,12-13,15H,6-7,9-11H2,1-5H3,(H,22,28)(H,23,26)(H,24,29). The molecule has 1 fully saturated rings. The van der Waals surface area contributed by atoms with Crippen molar-refractivity contribution in [3.05, 3.63) is 11.8 Å². The summed E-state index contributed by atoms with van der Waals surface area (Å²) in [6, 6.07) is -0.512. The Kier molecular flexibility index (Phi) is 9.35. The smallest absolute Gasteiger partial charge is 0.311 e. The predicted molar refractivity (Wildman–Crippen MR) is 115 cm³/mol. The molecule has 2 rings (SSSR count). The third-order valence-corrected chi connectivity index (χ3v) is 4.84. The average molecular weight is 469 g/mol. The van der Waals surface area contributed by atoms with E-state index in [4.69, 9.17) is 18.7 Å². The van der Waals surface area contributed by atoms with Gasteiger partial charge in [0.05, 0.1) is 38.5 Å². The second-order valence-electron chi connectivity index (χ2n) is 8.30. The van der Waals surface area contributed by atoms with Crippen LogP contribution in [0.2, 0.25) is 0 Å². The number of carbonyl (C=O) groups excluding carboxylic acids is 4. The zero-order valence-corrected chi connectivity index (χ0v) is 19.6. The van der Waals surface area contributed by atoms with Crippen molar-refractivity contribution in [3.8, 4) is 5.95 Å². The number of nitrogens with one attached hydrogen (secondary N) is 3. The van der Waals surface area contributed by atoms with Gasteiger partial charge in [0.2, 0.25) is 11.8 Å². The van der Waals surface area contributed by atoms with E-state index in [0.29, 0.717) is 19.6 Å². The second-order valence-corrected chi connectivity index (χ2v) is 8.30. The first-order chi connectivity index (χ1) is 15.6. The van der Waals surface area contributed by atoms with Crippen molar-refractivity contribution in [1.29, 1.82) is 0 Å². The van der Waals surface area contributed by atoms with E-state index < -0.39 is 35.4 Å². The lowest BCUT2D eigenvalue weighted by atomic mass is 9.93. The highest BCUT2D eigenvalue weighted by molar-refractivity contribution is 5.98. The molecule has 0 saturated carbocycles. The van der Waals surface area contributed by atoms with Crippen molar-refractivity contribution in [2.24, 2.45) is 5.92 Å². The average Bonchev–Trinajstić information content (AvgIpc) is 3.33. The van der Waals surface area contributed by atoms with E-state index in [9.17, 15) is 19.2 Å². The number of nitrogens with zero attached hydrogens (tertiary/aromatic N) is 1. The molecule has 1 aromatic heterocycles. The number of ketones is 1. The van der Waals surface area contributed by atoms with Crippen molar-refractivity contribution in [2.45, 2.75) is 51.8 Å². The first kappa shape index (κ1) is 26.3. The van der Waals surface area contributed by atoms with E-state index in [1.165, 1.54) is 13.2 Å². The number of Topliss-reactive ketones (excluding diaryl/α,β-unsaturated/α-hetero) is 1. The second kappa shape index (κ2) is 11.8. The van der Waals surface area contributed by atoms with Gasteiger partial charge in [0.25, 0.3) is 5.91 Å². The number of methoxy groups -OCH3 is 1. The van der Waals surface area contributed by atoms with Crippen LogP contribution in [0.25, 0.3) is 0 Å². The van der Waals surface area contributed by atoms with Gasteiger partial charge < -0.3 is 34.7 Å². The summed E-state index contributed by atoms with van der Waals surface area (Å²) in [5.74, 6) is -1.81. The third-order valence-electron chi connectivity index (χ3n) is 4.84. The number of carbonyl (C=O) groups is 4. The van der Waals surface area contributed by atoms with Gasteiger partial charge in [0, 0.05) is 7.11 Å². The quantitative estimate of drug-likeness (QED) is 0.315. The molecule has 12 nitrogen and oxygen atoms in total. The maximum absolute atomic E-state index is 12.6. The molecule has 0 aliphatic carbocycles. The minimum Gasteiger partial charge on any atom is -0.464 e. The van der Waals surface area contributed by atoms with E-state index >= 15 is 0 Å². The summed E-state index contributed by atoms with van der Waals surface area (Å²) in [5.41, 5.74) is -0.941. The number of aromatic nitrogens is 1. The maximum atomic E-state index is 12.6. The molecule has 1 aromatic rings. The fourth-order valence-corrected chi connectivity index (χ4v) is 3.02. The Bertz CT molecular complexity index is 849. The van der Waals surface area contributed by atoms with Crippen LogP contribution in [-0.2, 0) is 23.9 Å². The van der Waals surface area contributed by atoms with Crippen molar-refractivity contribution in [1.82, 2.24) is 21.1 Å². The molecule has 0 aromatic carbocycles. The Morgan fingerprint density at radius 3 is 2.48 bits per heavy atom. The number of rotatable bonds is 14. The predicted octanol–water partition coefficient (Wildman–Crippen LogP) is -0.177. The van der Waals surface area contributed by atoms with Crippen LogP contribution in [0, 0.1) is 5.92 Å². The normalized spacial score (nSPS) is 18.8. The Morgan fingerprint density at radius 1 is 1.21 bits per heavy atom. The molecule has 0 radical (unpaired) electrons. The summed E-state index contributed by atoms with van der Waals surface area (Å²) >= 11 is 0. The van der Waals surface area contributed by atoms with Crippen LogP contribution in [-0.4, -0.2) is 79.8 Å². The van der Waals surface area contributed by atoms with Crippen LogP contribution in [0.4, 0.5) is 0 Å². The van der Waals surface area contributed by atoms with Crippen LogP contribution < -0.4 is 20.7 Å². The lowest BCUT2D eigenvalue weighted by Crippen LogP contribution is -2.53. The molecule has 184 valence electrons. The summed E-state index contributed by atoms with van der Waals surface area (Å²) < 4.78 is 20.2. The fourth-order valence-electron chi connectivity index (χ4n) is 3.02. The number of epoxide rings is 1. The van der Waals surface area contributed by atoms with Crippen LogP contribution in [0.15, 0.2) is 10.6 Å². The summed E-state index contributed by atoms with van der Waals surface area (Å²) in [7, 11) is 1.37. The number of hydrogen-bond acceptors (Lipinski definition) is 9. The molecule has 0 spiro atoms. The van der Waals surface area contributed by atoms with Crippen LogP contribution >= 0.6 is 0 Å². The highest BCUT2D eigenvalue weighted by Gasteiger charge is 2.50. The largest absolute Gasteiger partial charge is 0.464 e. The van der Waals surface area contributed by atoms with Gasteiger partial charge in [-0.25, -0.2) is 0 Å². The van der Waals surface area contributed by atoms with Gasteiger partial charge in [0.1, 0.15) is 11.6 Å². The third kappa shape index (κ3) is 7.82. The van der Waals surface area contributed by atoms with E-state index in [2.05, 4.69) is 21.1 Å². The fraction of sp³-hybridized carbons (Fsp3) is 0.667. The maximum Gasteiger partial charge on any atom is 0.311 e. The lowest BCUT2D eigenvalue weighted by Gasteiger charge is -2.22. The van der Waals surface area contributed by atoms with Crippen molar-refractivity contribution >= 4 is 23.5 Å². The van der Waals surface area contributed by atoms with E-state index in [0.717, 1.165) is 0 Å². The summed E-state index contributed by atoms with van der Waals surface area (Å²) in [6.45, 7) is 7.44. The van der Waals surface area contributed by atoms with Crippen molar-refractivity contribution < 1.29 is 37.9 Å². The van der Waals surface area contributed by atoms with Crippen LogP contribution in [0.1, 0.15) is 44.6 Å². The first-order valence-electron chi connectivity index (χ1n) is 10.7. The van der Waals surface area contributed by atoms with Gasteiger partial charge in [-0.3, -0.25) is 19.2 Å². The first-order valence-corrected chi connectivity index (χ1v) is 10.7. The van der Waals surface area contributed by atoms with Crippen LogP contribution in [0.3, 0.4) is 0 Å². The highest BCUT2D eigenvalue weighted by Crippen LogP contribution is 2.29. The van der Waals surface area contributed by atoms with Gasteiger partial charge in [-0.2, -0.15) is 0 Å². The minimum absolute atomic E-state index is 0.0722. The molecule has 1 aliphatic rings. The molecule has 12 heteroatoms. The zero-order chi connectivity index (χ0) is 24.6. The zero-order valence-electron chi connectivity index (χ0n) is 19.6. The molecular weight excluding hydrogens is 436 g/mol. The van der Waals surface area contributed by atoms with E-state index in [1.54, 1.807) is 13.8 Å². The lowest BCUT2D eigenvalue weighted by molar-refractivity contribution is -0.131. The Hall–Kier alpha value is -2.99. The molecule has 0 bridgehead atoms. The molecule has 3 N–H and O–H groups in total. The van der Waals surface area contributed by atoms with Gasteiger partial charge >= 0.3 is 5.95 Å². The molecule has 3 unspecified atom stereocenters. The van der Waals surface area contributed by atoms with Crippen molar-refractivity contribution in [2.75, 3.05) is 33.5 Å². The SMILES string of the molecule is CCOc1cc(C(=O)NC(COC)C(=O)NCC(=O)NC(CC(C)C)C(=O)C2(C)CO2)no1. The Labute approximate surface area is 192 Å². The summed E-state index contributed by atoms with van der Waals surface area (Å²) in [6.07, 6.45) is 0.446. The van der Waals surface area contributed by atoms with E-state index in [-0.39, 0.29) is 36.5 Å². The summed E-state index contributed by atoms with van der Waals surface area (Å²) in [4.78, 5) is 49.9. The molecular formula is C21H32N4O8. The Balaban J connectivity index is 1.90. The number of amides is 3. The van der Waals surface area contributed by atoms with Gasteiger partial charge in [-0.05, 0) is 26.2 Å². The van der Waals surface area contributed by atoms with Gasteiger partial charge in [0.15, 0.2) is 11.5 Å². The Morgan fingerprint density at radius 2 is 1.91 bits per heavy atom. The topological polar surface area (TPSA) is 161 Å². The summed E-state index contributed by atoms with van der Waals surface area (Å²) in [5, 5.41) is 11.2. The molecule has 3 amide bonds. The number of hydrogen-bond donors (Lipinski definition) is 3. The molecule has 33 heavy (non-hydrogen) atoms. The molecule has 3 atom stereocenters. The van der Waals surface area contributed by atoms with Gasteiger partial charge in [-0.15, -0.1) is 0 Å². The van der Waals surface area contributed by atoms with E-state index in [1.807, 2.05) is 13.8 Å². The van der Waals surface area contributed by atoms with Crippen molar-refractivity contribution in [3.63, 3.8) is 0 Å². The number of ether oxygens (including phenoxy) is 3.